The number of imide groups is 2. The van der Waals surface area contributed by atoms with Crippen LogP contribution in [-0.2, 0) is 16.0 Å². The van der Waals surface area contributed by atoms with Crippen LogP contribution in [0.1, 0.15) is 44.7 Å². The Balaban J connectivity index is 0.673. The number of hydrogen-bond donors (Lipinski definition) is 3. The maximum Gasteiger partial charge on any atom is 0.262 e. The van der Waals surface area contributed by atoms with E-state index in [4.69, 9.17) is 9.72 Å². The van der Waals surface area contributed by atoms with E-state index in [9.17, 15) is 19.2 Å². The molecule has 306 valence electrons. The maximum atomic E-state index is 13.3. The van der Waals surface area contributed by atoms with Gasteiger partial charge in [-0.2, -0.15) is 0 Å². The standard InChI is InChI=1S/C45H46N10O5/c1-27-36(23-47-42-40(27)46-13-19-60-42)30-4-5-31-22-48-45(50-37(31)20-30)49-32-6-2-28(3-7-32)12-14-52-15-17-53(18-16-52)24-29-25-54(26-29)33-8-9-34-35(21-33)44(59)55(43(34)58)38-10-11-39(56)51-41(38)57/h2-9,20-23,29,38,46H,10-19,24-26H2,1H3,(H,48,49,50)(H,51,56,57). The number of fused-ring (bicyclic) bond motifs is 3. The fraction of sp³-hybridized carbons (Fsp3) is 0.356. The zero-order valence-electron chi connectivity index (χ0n) is 33.4. The third-order valence-electron chi connectivity index (χ3n) is 12.5. The first-order valence-corrected chi connectivity index (χ1v) is 20.8. The molecule has 5 aliphatic heterocycles. The zero-order valence-corrected chi connectivity index (χ0v) is 33.4. The number of aromatic nitrogens is 3. The quantitative estimate of drug-likeness (QED) is 0.172. The Morgan fingerprint density at radius 2 is 1.65 bits per heavy atom. The topological polar surface area (TPSA) is 165 Å². The van der Waals surface area contributed by atoms with Crippen molar-refractivity contribution in [2.24, 2.45) is 5.92 Å². The van der Waals surface area contributed by atoms with Crippen LogP contribution < -0.4 is 25.6 Å². The van der Waals surface area contributed by atoms with Gasteiger partial charge in [0.05, 0.1) is 16.6 Å². The third-order valence-corrected chi connectivity index (χ3v) is 12.5. The molecule has 15 nitrogen and oxygen atoms in total. The molecule has 3 N–H and O–H groups in total. The van der Waals surface area contributed by atoms with Crippen molar-refractivity contribution in [1.82, 2.24) is 35.0 Å². The SMILES string of the molecule is Cc1c(-c2ccc3cnc(Nc4ccc(CCN5CCN(CC6CN(c7ccc8c(c7)C(=O)N(C7CCC(=O)NC7=O)C8=O)C6)CC5)cc4)nc3c2)cnc2c1NCCO2. The predicted molar refractivity (Wildman–Crippen MR) is 227 cm³/mol. The number of benzene rings is 3. The van der Waals surface area contributed by atoms with E-state index in [0.717, 1.165) is 115 Å². The van der Waals surface area contributed by atoms with E-state index in [2.05, 4.69) is 83.9 Å². The van der Waals surface area contributed by atoms with Crippen LogP contribution in [0.2, 0.25) is 0 Å². The predicted octanol–water partition coefficient (Wildman–Crippen LogP) is 4.25. The number of ether oxygens (including phenoxy) is 1. The first-order valence-electron chi connectivity index (χ1n) is 20.8. The number of piperazine rings is 1. The average molecular weight is 807 g/mol. The monoisotopic (exact) mass is 806 g/mol. The van der Waals surface area contributed by atoms with Crippen molar-refractivity contribution in [1.29, 1.82) is 0 Å². The first-order chi connectivity index (χ1) is 29.2. The molecule has 1 atom stereocenters. The van der Waals surface area contributed by atoms with Gasteiger partial charge in [0.15, 0.2) is 0 Å². The molecule has 0 saturated carbocycles. The van der Waals surface area contributed by atoms with Gasteiger partial charge in [0.1, 0.15) is 18.3 Å². The summed E-state index contributed by atoms with van der Waals surface area (Å²) in [5.74, 6) is -0.198. The van der Waals surface area contributed by atoms with Crippen molar-refractivity contribution >= 4 is 57.5 Å². The van der Waals surface area contributed by atoms with Gasteiger partial charge in [0.25, 0.3) is 11.8 Å². The van der Waals surface area contributed by atoms with Crippen LogP contribution in [0.25, 0.3) is 22.0 Å². The van der Waals surface area contributed by atoms with E-state index < -0.39 is 23.8 Å². The van der Waals surface area contributed by atoms with Crippen LogP contribution in [0.15, 0.2) is 73.1 Å². The van der Waals surface area contributed by atoms with E-state index in [1.807, 2.05) is 24.5 Å². The largest absolute Gasteiger partial charge is 0.474 e. The summed E-state index contributed by atoms with van der Waals surface area (Å²) in [6.45, 7) is 11.4. The molecule has 3 fully saturated rings. The molecule has 5 aliphatic rings. The zero-order chi connectivity index (χ0) is 40.9. The Bertz CT molecular complexity index is 2530. The molecule has 15 heteroatoms. The van der Waals surface area contributed by atoms with Crippen LogP contribution in [0.3, 0.4) is 0 Å². The summed E-state index contributed by atoms with van der Waals surface area (Å²) >= 11 is 0. The van der Waals surface area contributed by atoms with Crippen LogP contribution in [0.4, 0.5) is 23.0 Å². The maximum absolute atomic E-state index is 13.3. The van der Waals surface area contributed by atoms with Gasteiger partial charge in [-0.15, -0.1) is 0 Å². The Kier molecular flexibility index (Phi) is 9.84. The number of carbonyl (C=O) groups is 4. The highest BCUT2D eigenvalue weighted by molar-refractivity contribution is 6.23. The Morgan fingerprint density at radius 1 is 0.850 bits per heavy atom. The Labute approximate surface area is 347 Å². The Hall–Kier alpha value is -6.45. The minimum absolute atomic E-state index is 0.102. The van der Waals surface area contributed by atoms with Crippen molar-refractivity contribution in [3.8, 4) is 17.0 Å². The average Bonchev–Trinajstić information content (AvgIpc) is 3.49. The lowest BCUT2D eigenvalue weighted by Crippen LogP contribution is -2.55. The highest BCUT2D eigenvalue weighted by Gasteiger charge is 2.45. The minimum atomic E-state index is -0.958. The summed E-state index contributed by atoms with van der Waals surface area (Å²) in [5, 5.41) is 10.0. The molecular weight excluding hydrogens is 761 g/mol. The Morgan fingerprint density at radius 3 is 2.47 bits per heavy atom. The molecule has 4 amide bonds. The second kappa shape index (κ2) is 15.6. The van der Waals surface area contributed by atoms with Gasteiger partial charge in [-0.3, -0.25) is 29.4 Å². The molecule has 10 rings (SSSR count). The van der Waals surface area contributed by atoms with E-state index in [-0.39, 0.29) is 18.7 Å². The minimum Gasteiger partial charge on any atom is -0.474 e. The van der Waals surface area contributed by atoms with Crippen molar-refractivity contribution in [2.75, 3.05) is 81.0 Å². The summed E-state index contributed by atoms with van der Waals surface area (Å²) in [7, 11) is 0. The molecule has 3 saturated heterocycles. The summed E-state index contributed by atoms with van der Waals surface area (Å²) in [6, 6.07) is 19.1. The molecule has 0 aliphatic carbocycles. The van der Waals surface area contributed by atoms with Crippen molar-refractivity contribution in [2.45, 2.75) is 32.2 Å². The van der Waals surface area contributed by atoms with Gasteiger partial charge in [-0.25, -0.2) is 15.0 Å². The molecule has 0 radical (unpaired) electrons. The van der Waals surface area contributed by atoms with Gasteiger partial charge in [0, 0.05) is 106 Å². The van der Waals surface area contributed by atoms with Crippen LogP contribution in [0.5, 0.6) is 5.88 Å². The number of anilines is 4. The van der Waals surface area contributed by atoms with Gasteiger partial charge in [0.2, 0.25) is 23.6 Å². The van der Waals surface area contributed by atoms with Crippen molar-refractivity contribution < 1.29 is 23.9 Å². The lowest BCUT2D eigenvalue weighted by molar-refractivity contribution is -0.136. The molecule has 5 aromatic rings. The van der Waals surface area contributed by atoms with E-state index in [1.165, 1.54) is 5.56 Å². The molecule has 1 unspecified atom stereocenters. The fourth-order valence-corrected chi connectivity index (χ4v) is 9.05. The van der Waals surface area contributed by atoms with Gasteiger partial charge in [-0.1, -0.05) is 24.3 Å². The van der Waals surface area contributed by atoms with Gasteiger partial charge in [-0.05, 0) is 72.9 Å². The third kappa shape index (κ3) is 7.28. The molecule has 0 bridgehead atoms. The second-order valence-electron chi connectivity index (χ2n) is 16.4. The second-order valence-corrected chi connectivity index (χ2v) is 16.4. The van der Waals surface area contributed by atoms with Crippen LogP contribution in [0, 0.1) is 12.8 Å². The van der Waals surface area contributed by atoms with E-state index in [1.54, 1.807) is 12.1 Å². The van der Waals surface area contributed by atoms with Crippen molar-refractivity contribution in [3.05, 3.63) is 95.3 Å². The highest BCUT2D eigenvalue weighted by atomic mass is 16.5. The van der Waals surface area contributed by atoms with E-state index >= 15 is 0 Å². The van der Waals surface area contributed by atoms with Gasteiger partial charge < -0.3 is 30.1 Å². The lowest BCUT2D eigenvalue weighted by atomic mass is 9.97. The molecule has 3 aromatic carbocycles. The smallest absolute Gasteiger partial charge is 0.262 e. The number of hydrogen-bond acceptors (Lipinski definition) is 13. The first kappa shape index (κ1) is 37.8. The molecule has 7 heterocycles. The summed E-state index contributed by atoms with van der Waals surface area (Å²) in [4.78, 5) is 72.7. The molecule has 0 spiro atoms. The number of piperidine rings is 1. The summed E-state index contributed by atoms with van der Waals surface area (Å²) < 4.78 is 5.71. The molecule has 60 heavy (non-hydrogen) atoms. The normalized spacial score (nSPS) is 19.7. The summed E-state index contributed by atoms with van der Waals surface area (Å²) in [6.07, 6.45) is 4.95. The fourth-order valence-electron chi connectivity index (χ4n) is 9.05. The van der Waals surface area contributed by atoms with Crippen molar-refractivity contribution in [3.63, 3.8) is 0 Å². The highest BCUT2D eigenvalue weighted by Crippen LogP contribution is 2.37. The number of pyridine rings is 1. The number of nitrogens with zero attached hydrogens (tertiary/aromatic N) is 7. The number of rotatable bonds is 10. The number of carbonyl (C=O) groups excluding carboxylic acids is 4. The summed E-state index contributed by atoms with van der Waals surface area (Å²) in [5.41, 5.74) is 8.76. The van der Waals surface area contributed by atoms with E-state index in [0.29, 0.717) is 35.5 Å². The van der Waals surface area contributed by atoms with Gasteiger partial charge >= 0.3 is 0 Å². The van der Waals surface area contributed by atoms with Crippen LogP contribution in [-0.4, -0.2) is 125 Å². The lowest BCUT2D eigenvalue weighted by Gasteiger charge is -2.45. The molecular formula is C45H46N10O5. The molecule has 2 aromatic heterocycles. The van der Waals surface area contributed by atoms with Crippen LogP contribution >= 0.6 is 0 Å². The number of amides is 4. The number of nitrogens with one attached hydrogen (secondary N) is 3.